The van der Waals surface area contributed by atoms with Crippen LogP contribution < -0.4 is 10.2 Å². The first-order valence-electron chi connectivity index (χ1n) is 6.61. The Morgan fingerprint density at radius 3 is 2.85 bits per heavy atom. The van der Waals surface area contributed by atoms with Crippen LogP contribution in [0.3, 0.4) is 0 Å². The minimum absolute atomic E-state index is 0.696. The van der Waals surface area contributed by atoms with Gasteiger partial charge in [0.1, 0.15) is 5.82 Å². The molecule has 0 aliphatic carbocycles. The number of hydrogen-bond acceptors (Lipinski definition) is 4. The van der Waals surface area contributed by atoms with E-state index in [0.29, 0.717) is 5.02 Å². The molecular formula is C15H19ClN4. The van der Waals surface area contributed by atoms with Crippen molar-refractivity contribution >= 4 is 17.4 Å². The Hall–Kier alpha value is -1.65. The molecule has 0 aliphatic rings. The normalized spacial score (nSPS) is 10.6. The van der Waals surface area contributed by atoms with Gasteiger partial charge in [-0.3, -0.25) is 4.98 Å². The minimum Gasteiger partial charge on any atom is -0.359 e. The molecule has 5 heteroatoms. The highest BCUT2D eigenvalue weighted by atomic mass is 35.5. The van der Waals surface area contributed by atoms with Gasteiger partial charge < -0.3 is 10.2 Å². The number of nitrogens with zero attached hydrogens (tertiary/aromatic N) is 3. The number of hydrogen-bond donors (Lipinski definition) is 1. The molecule has 2 heterocycles. The lowest BCUT2D eigenvalue weighted by atomic mass is 10.2. The molecule has 2 rings (SSSR count). The van der Waals surface area contributed by atoms with Crippen molar-refractivity contribution in [3.05, 3.63) is 52.9 Å². The van der Waals surface area contributed by atoms with Crippen LogP contribution in [0.15, 0.2) is 36.7 Å². The fourth-order valence-corrected chi connectivity index (χ4v) is 2.12. The van der Waals surface area contributed by atoms with E-state index in [1.807, 2.05) is 44.6 Å². The Morgan fingerprint density at radius 1 is 1.30 bits per heavy atom. The van der Waals surface area contributed by atoms with Crippen LogP contribution in [0.1, 0.15) is 11.3 Å². The summed E-state index contributed by atoms with van der Waals surface area (Å²) in [6.45, 7) is 1.60. The average molecular weight is 291 g/mol. The number of pyridine rings is 2. The molecule has 2 aromatic rings. The Morgan fingerprint density at radius 2 is 2.15 bits per heavy atom. The van der Waals surface area contributed by atoms with E-state index >= 15 is 0 Å². The van der Waals surface area contributed by atoms with E-state index in [4.69, 9.17) is 11.6 Å². The summed E-state index contributed by atoms with van der Waals surface area (Å²) in [5, 5.41) is 3.80. The lowest BCUT2D eigenvalue weighted by Crippen LogP contribution is -2.22. The van der Waals surface area contributed by atoms with Crippen LogP contribution >= 0.6 is 11.6 Å². The molecule has 0 unspecified atom stereocenters. The number of aromatic nitrogens is 2. The van der Waals surface area contributed by atoms with Gasteiger partial charge in [0.25, 0.3) is 0 Å². The lowest BCUT2D eigenvalue weighted by molar-refractivity contribution is 0.807. The van der Waals surface area contributed by atoms with Crippen molar-refractivity contribution in [3.63, 3.8) is 0 Å². The van der Waals surface area contributed by atoms with Gasteiger partial charge in [-0.25, -0.2) is 4.98 Å². The van der Waals surface area contributed by atoms with Gasteiger partial charge in [0.05, 0.1) is 5.02 Å². The summed E-state index contributed by atoms with van der Waals surface area (Å²) in [4.78, 5) is 10.8. The van der Waals surface area contributed by atoms with Crippen molar-refractivity contribution in [2.24, 2.45) is 0 Å². The van der Waals surface area contributed by atoms with Crippen LogP contribution in [0.4, 0.5) is 5.82 Å². The van der Waals surface area contributed by atoms with E-state index in [0.717, 1.165) is 36.6 Å². The number of nitrogens with one attached hydrogen (secondary N) is 1. The second-order valence-electron chi connectivity index (χ2n) is 4.66. The molecule has 0 fully saturated rings. The molecule has 0 atom stereocenters. The van der Waals surface area contributed by atoms with Crippen LogP contribution in [0.2, 0.25) is 5.02 Å². The molecule has 0 spiro atoms. The van der Waals surface area contributed by atoms with Gasteiger partial charge in [0.15, 0.2) is 0 Å². The van der Waals surface area contributed by atoms with E-state index in [9.17, 15) is 0 Å². The summed E-state index contributed by atoms with van der Waals surface area (Å²) in [5.41, 5.74) is 2.15. The van der Waals surface area contributed by atoms with E-state index in [2.05, 4.69) is 20.2 Å². The lowest BCUT2D eigenvalue weighted by Gasteiger charge is -2.19. The van der Waals surface area contributed by atoms with Crippen molar-refractivity contribution in [3.8, 4) is 0 Å². The van der Waals surface area contributed by atoms with Crippen LogP contribution in [-0.4, -0.2) is 30.6 Å². The molecule has 0 bridgehead atoms. The SMILES string of the molecule is CNCc1cc(N(C)CCc2ccccn2)ncc1Cl. The van der Waals surface area contributed by atoms with Gasteiger partial charge in [-0.1, -0.05) is 17.7 Å². The van der Waals surface area contributed by atoms with Crippen molar-refractivity contribution in [1.29, 1.82) is 0 Å². The third-order valence-corrected chi connectivity index (χ3v) is 3.45. The van der Waals surface area contributed by atoms with E-state index in [1.54, 1.807) is 6.20 Å². The van der Waals surface area contributed by atoms with E-state index in [-0.39, 0.29) is 0 Å². The first kappa shape index (κ1) is 14.8. The number of halogens is 1. The van der Waals surface area contributed by atoms with Crippen LogP contribution in [0.25, 0.3) is 0 Å². The number of rotatable bonds is 6. The summed E-state index contributed by atoms with van der Waals surface area (Å²) >= 11 is 6.12. The predicted molar refractivity (Wildman–Crippen MR) is 83.2 cm³/mol. The van der Waals surface area contributed by atoms with Crippen molar-refractivity contribution < 1.29 is 0 Å². The highest BCUT2D eigenvalue weighted by molar-refractivity contribution is 6.31. The maximum atomic E-state index is 6.12. The number of anilines is 1. The van der Waals surface area contributed by atoms with Gasteiger partial charge in [0.2, 0.25) is 0 Å². The molecule has 106 valence electrons. The molecule has 20 heavy (non-hydrogen) atoms. The summed E-state index contributed by atoms with van der Waals surface area (Å²) in [6, 6.07) is 8.00. The first-order valence-corrected chi connectivity index (χ1v) is 6.98. The fourth-order valence-electron chi connectivity index (χ4n) is 1.95. The second kappa shape index (κ2) is 7.22. The average Bonchev–Trinajstić information content (AvgIpc) is 2.48. The molecule has 0 saturated heterocycles. The smallest absolute Gasteiger partial charge is 0.128 e. The van der Waals surface area contributed by atoms with Crippen molar-refractivity contribution in [2.45, 2.75) is 13.0 Å². The quantitative estimate of drug-likeness (QED) is 0.888. The van der Waals surface area contributed by atoms with Crippen LogP contribution in [0, 0.1) is 0 Å². The maximum Gasteiger partial charge on any atom is 0.128 e. The monoisotopic (exact) mass is 290 g/mol. The summed E-state index contributed by atoms with van der Waals surface area (Å²) < 4.78 is 0. The highest BCUT2D eigenvalue weighted by Gasteiger charge is 2.07. The standard InChI is InChI=1S/C15H19ClN4/c1-17-10-12-9-15(19-11-14(12)16)20(2)8-6-13-5-3-4-7-18-13/h3-5,7,9,11,17H,6,8,10H2,1-2H3. The molecule has 0 amide bonds. The molecular weight excluding hydrogens is 272 g/mol. The van der Waals surface area contributed by atoms with E-state index < -0.39 is 0 Å². The Kier molecular flexibility index (Phi) is 5.32. The molecule has 2 aromatic heterocycles. The third kappa shape index (κ3) is 3.92. The Bertz CT molecular complexity index is 545. The van der Waals surface area contributed by atoms with Gasteiger partial charge >= 0.3 is 0 Å². The summed E-state index contributed by atoms with van der Waals surface area (Å²) in [6.07, 6.45) is 4.42. The largest absolute Gasteiger partial charge is 0.359 e. The first-order chi connectivity index (χ1) is 9.70. The molecule has 0 radical (unpaired) electrons. The maximum absolute atomic E-state index is 6.12. The zero-order valence-corrected chi connectivity index (χ0v) is 12.6. The third-order valence-electron chi connectivity index (χ3n) is 3.11. The molecule has 0 aliphatic heterocycles. The Balaban J connectivity index is 2.01. The highest BCUT2D eigenvalue weighted by Crippen LogP contribution is 2.19. The zero-order valence-electron chi connectivity index (χ0n) is 11.8. The predicted octanol–water partition coefficient (Wildman–Crippen LogP) is 2.53. The van der Waals surface area contributed by atoms with Crippen molar-refractivity contribution in [2.75, 3.05) is 25.5 Å². The molecule has 4 nitrogen and oxygen atoms in total. The van der Waals surface area contributed by atoms with E-state index in [1.165, 1.54) is 0 Å². The fraction of sp³-hybridized carbons (Fsp3) is 0.333. The summed E-state index contributed by atoms with van der Waals surface area (Å²) in [7, 11) is 3.93. The Labute approximate surface area is 124 Å². The van der Waals surface area contributed by atoms with Crippen LogP contribution in [0.5, 0.6) is 0 Å². The zero-order chi connectivity index (χ0) is 14.4. The van der Waals surface area contributed by atoms with Crippen LogP contribution in [-0.2, 0) is 13.0 Å². The number of likely N-dealkylation sites (N-methyl/N-ethyl adjacent to an activating group) is 1. The molecule has 0 saturated carbocycles. The molecule has 1 N–H and O–H groups in total. The topological polar surface area (TPSA) is 41.0 Å². The van der Waals surface area contributed by atoms with Gasteiger partial charge in [-0.15, -0.1) is 0 Å². The summed E-state index contributed by atoms with van der Waals surface area (Å²) in [5.74, 6) is 0.926. The van der Waals surface area contributed by atoms with Gasteiger partial charge in [-0.2, -0.15) is 0 Å². The van der Waals surface area contributed by atoms with Gasteiger partial charge in [-0.05, 0) is 30.8 Å². The molecule has 0 aromatic carbocycles. The minimum atomic E-state index is 0.696. The van der Waals surface area contributed by atoms with Gasteiger partial charge in [0, 0.05) is 44.6 Å². The van der Waals surface area contributed by atoms with Crippen molar-refractivity contribution in [1.82, 2.24) is 15.3 Å². The second-order valence-corrected chi connectivity index (χ2v) is 5.06.